The molecule has 2 aromatic heterocycles. The fourth-order valence-corrected chi connectivity index (χ4v) is 2.84. The number of aryl methyl sites for hydroxylation is 3. The number of amides is 1. The predicted molar refractivity (Wildman–Crippen MR) is 76.8 cm³/mol. The van der Waals surface area contributed by atoms with Crippen molar-refractivity contribution in [1.82, 2.24) is 20.3 Å². The molecule has 0 bridgehead atoms. The van der Waals surface area contributed by atoms with Crippen LogP contribution in [-0.4, -0.2) is 20.8 Å². The lowest BCUT2D eigenvalue weighted by Crippen LogP contribution is -2.26. The third-order valence-electron chi connectivity index (χ3n) is 4.03. The maximum absolute atomic E-state index is 12.3. The minimum Gasteiger partial charge on any atom is -0.360 e. The van der Waals surface area contributed by atoms with Gasteiger partial charge >= 0.3 is 0 Å². The lowest BCUT2D eigenvalue weighted by Gasteiger charge is -2.16. The average Bonchev–Trinajstić information content (AvgIpc) is 2.99. The molecule has 0 radical (unpaired) electrons. The molecule has 1 aliphatic rings. The summed E-state index contributed by atoms with van der Waals surface area (Å²) in [7, 11) is 1.87. The lowest BCUT2D eigenvalue weighted by molar-refractivity contribution is 0.0940. The molecule has 1 amide bonds. The summed E-state index contributed by atoms with van der Waals surface area (Å²) in [4.78, 5) is 12.3. The van der Waals surface area contributed by atoms with Gasteiger partial charge in [-0.25, -0.2) is 0 Å². The maximum atomic E-state index is 12.3. The highest BCUT2D eigenvalue weighted by molar-refractivity contribution is 5.93. The van der Waals surface area contributed by atoms with Gasteiger partial charge in [0.2, 0.25) is 0 Å². The van der Waals surface area contributed by atoms with E-state index in [0.29, 0.717) is 18.2 Å². The summed E-state index contributed by atoms with van der Waals surface area (Å²) in [6, 6.07) is 1.96. The Hall–Kier alpha value is -2.11. The summed E-state index contributed by atoms with van der Waals surface area (Å²) in [6.45, 7) is 4.56. The number of carbonyl (C=O) groups is 1. The van der Waals surface area contributed by atoms with Crippen LogP contribution in [0.15, 0.2) is 10.6 Å². The van der Waals surface area contributed by atoms with Crippen LogP contribution in [0.5, 0.6) is 0 Å². The molecule has 3 rings (SSSR count). The zero-order chi connectivity index (χ0) is 15.0. The van der Waals surface area contributed by atoms with Crippen molar-refractivity contribution in [3.63, 3.8) is 0 Å². The second kappa shape index (κ2) is 5.35. The lowest BCUT2D eigenvalue weighted by atomic mass is 9.88. The first-order valence-electron chi connectivity index (χ1n) is 7.29. The van der Waals surface area contributed by atoms with Crippen molar-refractivity contribution in [2.45, 2.75) is 39.7 Å². The Morgan fingerprint density at radius 1 is 1.57 bits per heavy atom. The van der Waals surface area contributed by atoms with Crippen LogP contribution >= 0.6 is 0 Å². The van der Waals surface area contributed by atoms with Crippen molar-refractivity contribution in [2.24, 2.45) is 13.0 Å². The molecule has 0 aromatic carbocycles. The quantitative estimate of drug-likeness (QED) is 0.934. The Kier molecular flexibility index (Phi) is 3.53. The number of fused-ring (bicyclic) bond motifs is 1. The first-order chi connectivity index (χ1) is 10.0. The SMILES string of the molecule is Cc1cc(CNC(=O)c2noc3c2CC(C)CC3)n(C)n1. The molecule has 112 valence electrons. The van der Waals surface area contributed by atoms with Crippen LogP contribution < -0.4 is 5.32 Å². The molecule has 6 nitrogen and oxygen atoms in total. The monoisotopic (exact) mass is 288 g/mol. The zero-order valence-corrected chi connectivity index (χ0v) is 12.6. The fourth-order valence-electron chi connectivity index (χ4n) is 2.84. The first-order valence-corrected chi connectivity index (χ1v) is 7.29. The number of aromatic nitrogens is 3. The first kappa shape index (κ1) is 13.9. The summed E-state index contributed by atoms with van der Waals surface area (Å²) in [5, 5.41) is 11.1. The van der Waals surface area contributed by atoms with Crippen molar-refractivity contribution < 1.29 is 9.32 Å². The van der Waals surface area contributed by atoms with Crippen molar-refractivity contribution in [3.8, 4) is 0 Å². The van der Waals surface area contributed by atoms with Crippen LogP contribution in [0, 0.1) is 12.8 Å². The summed E-state index contributed by atoms with van der Waals surface area (Å²) < 4.78 is 7.08. The highest BCUT2D eigenvalue weighted by Gasteiger charge is 2.26. The van der Waals surface area contributed by atoms with Crippen molar-refractivity contribution in [1.29, 1.82) is 0 Å². The Morgan fingerprint density at radius 2 is 2.38 bits per heavy atom. The van der Waals surface area contributed by atoms with Crippen LogP contribution in [0.4, 0.5) is 0 Å². The van der Waals surface area contributed by atoms with E-state index in [1.165, 1.54) is 0 Å². The van der Waals surface area contributed by atoms with Gasteiger partial charge in [0.05, 0.1) is 17.9 Å². The highest BCUT2D eigenvalue weighted by Crippen LogP contribution is 2.27. The number of rotatable bonds is 3. The van der Waals surface area contributed by atoms with Gasteiger partial charge in [-0.2, -0.15) is 5.10 Å². The topological polar surface area (TPSA) is 73.0 Å². The molecule has 1 atom stereocenters. The van der Waals surface area contributed by atoms with Gasteiger partial charge in [-0.15, -0.1) is 0 Å². The van der Waals surface area contributed by atoms with E-state index in [-0.39, 0.29) is 5.91 Å². The second-order valence-corrected chi connectivity index (χ2v) is 5.86. The fraction of sp³-hybridized carbons (Fsp3) is 0.533. The Bertz CT molecular complexity index is 671. The van der Waals surface area contributed by atoms with E-state index in [9.17, 15) is 4.79 Å². The third-order valence-corrected chi connectivity index (χ3v) is 4.03. The molecular formula is C15H20N4O2. The average molecular weight is 288 g/mol. The normalized spacial score (nSPS) is 17.6. The van der Waals surface area contributed by atoms with Gasteiger partial charge in [-0.3, -0.25) is 9.48 Å². The maximum Gasteiger partial charge on any atom is 0.274 e. The molecule has 21 heavy (non-hydrogen) atoms. The molecule has 2 aromatic rings. The Labute approximate surface area is 123 Å². The molecular weight excluding hydrogens is 268 g/mol. The van der Waals surface area contributed by atoms with E-state index >= 15 is 0 Å². The smallest absolute Gasteiger partial charge is 0.274 e. The van der Waals surface area contributed by atoms with Crippen molar-refractivity contribution in [3.05, 3.63) is 34.5 Å². The molecule has 1 aliphatic carbocycles. The van der Waals surface area contributed by atoms with Crippen LogP contribution in [-0.2, 0) is 26.4 Å². The summed E-state index contributed by atoms with van der Waals surface area (Å²) in [5.41, 5.74) is 3.32. The summed E-state index contributed by atoms with van der Waals surface area (Å²) >= 11 is 0. The molecule has 6 heteroatoms. The van der Waals surface area contributed by atoms with Crippen molar-refractivity contribution >= 4 is 5.91 Å². The Balaban J connectivity index is 1.72. The molecule has 0 saturated carbocycles. The minimum atomic E-state index is -0.173. The summed E-state index contributed by atoms with van der Waals surface area (Å²) in [6.07, 6.45) is 2.83. The van der Waals surface area contributed by atoms with Crippen molar-refractivity contribution in [2.75, 3.05) is 0 Å². The number of nitrogens with one attached hydrogen (secondary N) is 1. The van der Waals surface area contributed by atoms with Gasteiger partial charge in [0.25, 0.3) is 5.91 Å². The number of nitrogens with zero attached hydrogens (tertiary/aromatic N) is 3. The largest absolute Gasteiger partial charge is 0.360 e. The molecule has 2 heterocycles. The third kappa shape index (κ3) is 2.70. The minimum absolute atomic E-state index is 0.173. The van der Waals surface area contributed by atoms with Crippen LogP contribution in [0.3, 0.4) is 0 Å². The molecule has 0 saturated heterocycles. The number of hydrogen-bond donors (Lipinski definition) is 1. The second-order valence-electron chi connectivity index (χ2n) is 5.86. The molecule has 0 aliphatic heterocycles. The summed E-state index contributed by atoms with van der Waals surface area (Å²) in [5.74, 6) is 1.27. The van der Waals surface area contributed by atoms with Gasteiger partial charge in [0.15, 0.2) is 5.69 Å². The zero-order valence-electron chi connectivity index (χ0n) is 12.6. The molecule has 0 fully saturated rings. The van der Waals surface area contributed by atoms with Crippen LogP contribution in [0.25, 0.3) is 0 Å². The standard InChI is InChI=1S/C15H20N4O2/c1-9-4-5-13-12(6-9)14(18-21-13)15(20)16-8-11-7-10(2)17-19(11)3/h7,9H,4-6,8H2,1-3H3,(H,16,20). The number of carbonyl (C=O) groups excluding carboxylic acids is 1. The van der Waals surface area contributed by atoms with Crippen LogP contribution in [0.1, 0.15) is 46.5 Å². The van der Waals surface area contributed by atoms with E-state index in [1.807, 2.05) is 20.0 Å². The van der Waals surface area contributed by atoms with E-state index in [2.05, 4.69) is 22.5 Å². The van der Waals surface area contributed by atoms with Gasteiger partial charge in [-0.1, -0.05) is 12.1 Å². The number of hydrogen-bond acceptors (Lipinski definition) is 4. The van der Waals surface area contributed by atoms with Gasteiger partial charge in [-0.05, 0) is 31.7 Å². The van der Waals surface area contributed by atoms with Gasteiger partial charge in [0, 0.05) is 19.0 Å². The van der Waals surface area contributed by atoms with Gasteiger partial charge < -0.3 is 9.84 Å². The Morgan fingerprint density at radius 3 is 3.10 bits per heavy atom. The molecule has 1 unspecified atom stereocenters. The molecule has 0 spiro atoms. The van der Waals surface area contributed by atoms with E-state index in [1.54, 1.807) is 4.68 Å². The van der Waals surface area contributed by atoms with Gasteiger partial charge in [0.1, 0.15) is 5.76 Å². The molecule has 1 N–H and O–H groups in total. The van der Waals surface area contributed by atoms with E-state index in [4.69, 9.17) is 4.52 Å². The van der Waals surface area contributed by atoms with Crippen LogP contribution in [0.2, 0.25) is 0 Å². The highest BCUT2D eigenvalue weighted by atomic mass is 16.5. The predicted octanol–water partition coefficient (Wildman–Crippen LogP) is 1.77. The van der Waals surface area contributed by atoms with E-state index in [0.717, 1.165) is 42.0 Å². The van der Waals surface area contributed by atoms with E-state index < -0.39 is 0 Å².